The Balaban J connectivity index is 1.98. The minimum atomic E-state index is -0.838. The number of methoxy groups -OCH3 is 1. The molecule has 2 rings (SSSR count). The Morgan fingerprint density at radius 3 is 2.57 bits per heavy atom. The summed E-state index contributed by atoms with van der Waals surface area (Å²) in [5, 5.41) is 3.14. The van der Waals surface area contributed by atoms with Crippen molar-refractivity contribution in [2.75, 3.05) is 27.4 Å². The third-order valence-electron chi connectivity index (χ3n) is 4.22. The number of rotatable bonds is 9. The highest BCUT2D eigenvalue weighted by molar-refractivity contribution is 5.82. The van der Waals surface area contributed by atoms with E-state index in [0.717, 1.165) is 24.5 Å². The van der Waals surface area contributed by atoms with Crippen LogP contribution in [0.5, 0.6) is 0 Å². The van der Waals surface area contributed by atoms with Crippen molar-refractivity contribution in [1.29, 1.82) is 0 Å². The van der Waals surface area contributed by atoms with Gasteiger partial charge in [-0.3, -0.25) is 0 Å². The first-order valence-corrected chi connectivity index (χ1v) is 7.63. The molecule has 0 aromatic heterocycles. The van der Waals surface area contributed by atoms with E-state index in [1.165, 1.54) is 20.0 Å². The lowest BCUT2D eigenvalue weighted by Crippen LogP contribution is -2.49. The normalized spacial score (nSPS) is 17.2. The molecular weight excluding hydrogens is 266 g/mol. The standard InChI is InChI=1S/C17H25NO3/c1-18-17(16(19)20-2,15-6-4-3-5-7-15)11-13-21-12-10-14-8-9-14/h3-7,14,18H,8-13H2,1-2H3. The van der Waals surface area contributed by atoms with Gasteiger partial charge in [0.2, 0.25) is 0 Å². The number of likely N-dealkylation sites (N-methyl/N-ethyl adjacent to an activating group) is 1. The molecule has 0 radical (unpaired) electrons. The van der Waals surface area contributed by atoms with Crippen molar-refractivity contribution < 1.29 is 14.3 Å². The molecule has 1 saturated carbocycles. The van der Waals surface area contributed by atoms with Gasteiger partial charge in [-0.15, -0.1) is 0 Å². The summed E-state index contributed by atoms with van der Waals surface area (Å²) < 4.78 is 10.7. The summed E-state index contributed by atoms with van der Waals surface area (Å²) in [6.45, 7) is 1.32. The zero-order valence-electron chi connectivity index (χ0n) is 12.9. The molecule has 4 nitrogen and oxygen atoms in total. The summed E-state index contributed by atoms with van der Waals surface area (Å²) in [7, 11) is 3.21. The second-order valence-electron chi connectivity index (χ2n) is 5.61. The summed E-state index contributed by atoms with van der Waals surface area (Å²) in [5.74, 6) is 0.593. The van der Waals surface area contributed by atoms with Gasteiger partial charge in [-0.05, 0) is 24.9 Å². The number of benzene rings is 1. The number of hydrogen-bond donors (Lipinski definition) is 1. The lowest BCUT2D eigenvalue weighted by Gasteiger charge is -2.31. The topological polar surface area (TPSA) is 47.6 Å². The molecule has 0 amide bonds. The van der Waals surface area contributed by atoms with E-state index < -0.39 is 5.54 Å². The van der Waals surface area contributed by atoms with Gasteiger partial charge in [0.15, 0.2) is 0 Å². The number of esters is 1. The molecule has 1 aromatic rings. The van der Waals surface area contributed by atoms with Gasteiger partial charge in [0.25, 0.3) is 0 Å². The van der Waals surface area contributed by atoms with Crippen LogP contribution in [0.1, 0.15) is 31.2 Å². The van der Waals surface area contributed by atoms with E-state index in [9.17, 15) is 4.79 Å². The molecule has 1 aliphatic carbocycles. The molecule has 0 bridgehead atoms. The van der Waals surface area contributed by atoms with E-state index in [4.69, 9.17) is 9.47 Å². The summed E-state index contributed by atoms with van der Waals surface area (Å²) in [5.41, 5.74) is 0.0698. The van der Waals surface area contributed by atoms with Crippen molar-refractivity contribution in [2.24, 2.45) is 5.92 Å². The fourth-order valence-corrected chi connectivity index (χ4v) is 2.62. The smallest absolute Gasteiger partial charge is 0.330 e. The Morgan fingerprint density at radius 1 is 1.29 bits per heavy atom. The zero-order chi connectivity index (χ0) is 15.1. The molecule has 1 unspecified atom stereocenters. The Morgan fingerprint density at radius 2 is 2.00 bits per heavy atom. The highest BCUT2D eigenvalue weighted by Crippen LogP contribution is 2.32. The largest absolute Gasteiger partial charge is 0.467 e. The number of carbonyl (C=O) groups is 1. The molecule has 1 atom stereocenters. The number of ether oxygens (including phenoxy) is 2. The Kier molecular flexibility index (Phi) is 5.76. The molecule has 0 saturated heterocycles. The predicted octanol–water partition coefficient (Wildman–Crippen LogP) is 2.48. The second kappa shape index (κ2) is 7.57. The number of carbonyl (C=O) groups excluding carboxylic acids is 1. The van der Waals surface area contributed by atoms with Gasteiger partial charge >= 0.3 is 5.97 Å². The van der Waals surface area contributed by atoms with Crippen molar-refractivity contribution in [3.05, 3.63) is 35.9 Å². The van der Waals surface area contributed by atoms with Crippen LogP contribution in [0.3, 0.4) is 0 Å². The van der Waals surface area contributed by atoms with Crippen LogP contribution in [0.2, 0.25) is 0 Å². The van der Waals surface area contributed by atoms with Crippen molar-refractivity contribution in [3.63, 3.8) is 0 Å². The third kappa shape index (κ3) is 4.05. The highest BCUT2D eigenvalue weighted by atomic mass is 16.5. The van der Waals surface area contributed by atoms with E-state index in [1.807, 2.05) is 30.3 Å². The van der Waals surface area contributed by atoms with Crippen LogP contribution < -0.4 is 5.32 Å². The molecule has 4 heteroatoms. The van der Waals surface area contributed by atoms with Gasteiger partial charge in [-0.25, -0.2) is 4.79 Å². The van der Waals surface area contributed by atoms with Gasteiger partial charge in [-0.2, -0.15) is 0 Å². The molecule has 0 spiro atoms. The molecule has 116 valence electrons. The van der Waals surface area contributed by atoms with Crippen molar-refractivity contribution in [3.8, 4) is 0 Å². The van der Waals surface area contributed by atoms with E-state index in [1.54, 1.807) is 7.05 Å². The summed E-state index contributed by atoms with van der Waals surface area (Å²) in [4.78, 5) is 12.3. The van der Waals surface area contributed by atoms with Gasteiger partial charge < -0.3 is 14.8 Å². The summed E-state index contributed by atoms with van der Waals surface area (Å²) in [6, 6.07) is 9.68. The number of nitrogens with one attached hydrogen (secondary N) is 1. The monoisotopic (exact) mass is 291 g/mol. The van der Waals surface area contributed by atoms with Crippen LogP contribution in [0.15, 0.2) is 30.3 Å². The Labute approximate surface area is 126 Å². The van der Waals surface area contributed by atoms with Crippen LogP contribution in [-0.2, 0) is 19.8 Å². The van der Waals surface area contributed by atoms with Crippen molar-refractivity contribution >= 4 is 5.97 Å². The maximum Gasteiger partial charge on any atom is 0.330 e. The first kappa shape index (κ1) is 16.0. The Hall–Kier alpha value is -1.39. The van der Waals surface area contributed by atoms with Crippen LogP contribution in [0.4, 0.5) is 0 Å². The molecular formula is C17H25NO3. The van der Waals surface area contributed by atoms with Crippen LogP contribution >= 0.6 is 0 Å². The van der Waals surface area contributed by atoms with E-state index in [2.05, 4.69) is 5.32 Å². The minimum Gasteiger partial charge on any atom is -0.467 e. The SMILES string of the molecule is CNC(CCOCCC1CC1)(C(=O)OC)c1ccccc1. The molecule has 1 fully saturated rings. The maximum atomic E-state index is 12.3. The quantitative estimate of drug-likeness (QED) is 0.561. The first-order valence-electron chi connectivity index (χ1n) is 7.63. The van der Waals surface area contributed by atoms with Crippen LogP contribution in [-0.4, -0.2) is 33.3 Å². The van der Waals surface area contributed by atoms with Gasteiger partial charge in [0.05, 0.1) is 7.11 Å². The van der Waals surface area contributed by atoms with E-state index in [0.29, 0.717) is 13.0 Å². The average Bonchev–Trinajstić information content (AvgIpc) is 3.35. The van der Waals surface area contributed by atoms with Gasteiger partial charge in [-0.1, -0.05) is 43.2 Å². The van der Waals surface area contributed by atoms with E-state index in [-0.39, 0.29) is 5.97 Å². The molecule has 0 aliphatic heterocycles. The summed E-state index contributed by atoms with van der Waals surface area (Å²) >= 11 is 0. The van der Waals surface area contributed by atoms with Crippen molar-refractivity contribution in [1.82, 2.24) is 5.32 Å². The van der Waals surface area contributed by atoms with Gasteiger partial charge in [0.1, 0.15) is 5.54 Å². The zero-order valence-corrected chi connectivity index (χ0v) is 12.9. The second-order valence-corrected chi connectivity index (χ2v) is 5.61. The van der Waals surface area contributed by atoms with Crippen molar-refractivity contribution in [2.45, 2.75) is 31.2 Å². The molecule has 1 aliphatic rings. The van der Waals surface area contributed by atoms with Gasteiger partial charge in [0, 0.05) is 19.6 Å². The maximum absolute atomic E-state index is 12.3. The average molecular weight is 291 g/mol. The lowest BCUT2D eigenvalue weighted by molar-refractivity contribution is -0.150. The predicted molar refractivity (Wildman–Crippen MR) is 82.0 cm³/mol. The lowest BCUT2D eigenvalue weighted by atomic mass is 9.87. The first-order chi connectivity index (χ1) is 10.2. The van der Waals surface area contributed by atoms with Crippen LogP contribution in [0, 0.1) is 5.92 Å². The fourth-order valence-electron chi connectivity index (χ4n) is 2.62. The minimum absolute atomic E-state index is 0.276. The molecule has 0 heterocycles. The fraction of sp³-hybridized carbons (Fsp3) is 0.588. The molecule has 1 N–H and O–H groups in total. The number of hydrogen-bond acceptors (Lipinski definition) is 4. The van der Waals surface area contributed by atoms with E-state index >= 15 is 0 Å². The molecule has 1 aromatic carbocycles. The van der Waals surface area contributed by atoms with Crippen LogP contribution in [0.25, 0.3) is 0 Å². The Bertz CT molecular complexity index is 445. The third-order valence-corrected chi connectivity index (χ3v) is 4.22. The molecule has 21 heavy (non-hydrogen) atoms. The summed E-state index contributed by atoms with van der Waals surface area (Å²) in [6.07, 6.45) is 4.38. The highest BCUT2D eigenvalue weighted by Gasteiger charge is 2.39.